The fourth-order valence-electron chi connectivity index (χ4n) is 2.23. The molecule has 2 rings (SSSR count). The molecule has 1 nitrogen and oxygen atoms in total. The number of rotatable bonds is 1. The minimum Gasteiger partial charge on any atom is -0.396 e. The molecule has 0 amide bonds. The Kier molecular flexibility index (Phi) is 2.36. The fourth-order valence-corrected chi connectivity index (χ4v) is 2.23. The quantitative estimate of drug-likeness (QED) is 0.694. The van der Waals surface area contributed by atoms with Gasteiger partial charge in [0.2, 0.25) is 0 Å². The van der Waals surface area contributed by atoms with E-state index in [1.54, 1.807) is 0 Å². The van der Waals surface area contributed by atoms with Crippen LogP contribution in [0.5, 0.6) is 0 Å². The van der Waals surface area contributed by atoms with Crippen LogP contribution in [0.15, 0.2) is 18.2 Å². The lowest BCUT2D eigenvalue weighted by Gasteiger charge is -2.24. The zero-order valence-electron chi connectivity index (χ0n) is 8.09. The molecule has 1 aromatic rings. The molecule has 0 aliphatic heterocycles. The summed E-state index contributed by atoms with van der Waals surface area (Å²) in [5, 5.41) is 9.09. The smallest absolute Gasteiger partial charge is 0.0462 e. The van der Waals surface area contributed by atoms with Gasteiger partial charge in [-0.25, -0.2) is 0 Å². The molecular formula is C12H16O. The minimum atomic E-state index is 0.341. The maximum atomic E-state index is 9.09. The highest BCUT2D eigenvalue weighted by Gasteiger charge is 2.18. The lowest BCUT2D eigenvalue weighted by Crippen LogP contribution is -2.18. The Hall–Kier alpha value is -0.820. The Morgan fingerprint density at radius 3 is 3.08 bits per heavy atom. The van der Waals surface area contributed by atoms with Crippen LogP contribution in [0.2, 0.25) is 0 Å². The molecular weight excluding hydrogens is 160 g/mol. The van der Waals surface area contributed by atoms with Gasteiger partial charge in [0, 0.05) is 6.61 Å². The predicted molar refractivity (Wildman–Crippen MR) is 53.8 cm³/mol. The first kappa shape index (κ1) is 8.76. The maximum Gasteiger partial charge on any atom is 0.0462 e. The molecule has 0 saturated heterocycles. The highest BCUT2D eigenvalue weighted by molar-refractivity contribution is 5.36. The van der Waals surface area contributed by atoms with Gasteiger partial charge in [-0.15, -0.1) is 0 Å². The normalized spacial score (nSPS) is 21.2. The van der Waals surface area contributed by atoms with E-state index >= 15 is 0 Å². The molecule has 1 aliphatic rings. The average molecular weight is 176 g/mol. The van der Waals surface area contributed by atoms with Crippen LogP contribution in [-0.4, -0.2) is 11.7 Å². The molecule has 0 spiro atoms. The Labute approximate surface area is 79.4 Å². The van der Waals surface area contributed by atoms with Crippen molar-refractivity contribution < 1.29 is 5.11 Å². The molecule has 13 heavy (non-hydrogen) atoms. The van der Waals surface area contributed by atoms with Gasteiger partial charge in [-0.1, -0.05) is 18.2 Å². The van der Waals surface area contributed by atoms with Crippen molar-refractivity contribution >= 4 is 0 Å². The maximum absolute atomic E-state index is 9.09. The first-order valence-corrected chi connectivity index (χ1v) is 4.99. The summed E-state index contributed by atoms with van der Waals surface area (Å²) >= 11 is 0. The second kappa shape index (κ2) is 3.51. The summed E-state index contributed by atoms with van der Waals surface area (Å²) in [5.41, 5.74) is 4.38. The van der Waals surface area contributed by atoms with E-state index in [1.807, 2.05) is 0 Å². The number of aliphatic hydroxyl groups excluding tert-OH is 1. The lowest BCUT2D eigenvalue weighted by molar-refractivity contribution is 0.213. The van der Waals surface area contributed by atoms with E-state index in [0.29, 0.717) is 12.5 Å². The largest absolute Gasteiger partial charge is 0.396 e. The molecule has 0 heterocycles. The summed E-state index contributed by atoms with van der Waals surface area (Å²) in [7, 11) is 0. The molecule has 0 fully saturated rings. The van der Waals surface area contributed by atoms with Crippen LogP contribution in [0.4, 0.5) is 0 Å². The molecule has 0 aromatic heterocycles. The van der Waals surface area contributed by atoms with Gasteiger partial charge in [0.25, 0.3) is 0 Å². The van der Waals surface area contributed by atoms with E-state index in [-0.39, 0.29) is 0 Å². The Balaban J connectivity index is 2.31. The molecule has 0 saturated carbocycles. The minimum absolute atomic E-state index is 0.341. The predicted octanol–water partition coefficient (Wildman–Crippen LogP) is 2.09. The van der Waals surface area contributed by atoms with E-state index in [4.69, 9.17) is 5.11 Å². The number of aliphatic hydroxyl groups is 1. The van der Waals surface area contributed by atoms with Crippen LogP contribution in [-0.2, 0) is 12.8 Å². The monoisotopic (exact) mass is 176 g/mol. The number of hydrogen-bond donors (Lipinski definition) is 1. The zero-order valence-corrected chi connectivity index (χ0v) is 8.09. The third-order valence-corrected chi connectivity index (χ3v) is 3.08. The summed E-state index contributed by atoms with van der Waals surface area (Å²) in [6.07, 6.45) is 3.36. The molecule has 0 bridgehead atoms. The molecule has 1 atom stereocenters. The number of benzene rings is 1. The third kappa shape index (κ3) is 1.61. The summed E-state index contributed by atoms with van der Waals surface area (Å²) < 4.78 is 0. The van der Waals surface area contributed by atoms with Crippen molar-refractivity contribution in [1.29, 1.82) is 0 Å². The van der Waals surface area contributed by atoms with Crippen LogP contribution in [0.1, 0.15) is 23.1 Å². The summed E-state index contributed by atoms with van der Waals surface area (Å²) in [5.74, 6) is 0.495. The van der Waals surface area contributed by atoms with Crippen molar-refractivity contribution in [2.45, 2.75) is 26.2 Å². The van der Waals surface area contributed by atoms with Gasteiger partial charge in [0.15, 0.2) is 0 Å². The van der Waals surface area contributed by atoms with Crippen molar-refractivity contribution in [3.63, 3.8) is 0 Å². The van der Waals surface area contributed by atoms with Gasteiger partial charge in [-0.05, 0) is 48.8 Å². The standard InChI is InChI=1S/C12H16O/c1-9-3-2-4-11-7-10(8-13)5-6-12(9)11/h2-4,10,13H,5-8H2,1H3. The van der Waals surface area contributed by atoms with Crippen LogP contribution in [0.3, 0.4) is 0 Å². The SMILES string of the molecule is Cc1cccc2c1CCC(CO)C2. The molecule has 1 unspecified atom stereocenters. The molecule has 1 aromatic carbocycles. The van der Waals surface area contributed by atoms with Crippen molar-refractivity contribution in [3.8, 4) is 0 Å². The summed E-state index contributed by atoms with van der Waals surface area (Å²) in [6, 6.07) is 6.50. The van der Waals surface area contributed by atoms with E-state index in [1.165, 1.54) is 16.7 Å². The van der Waals surface area contributed by atoms with Crippen molar-refractivity contribution in [3.05, 3.63) is 34.9 Å². The first-order valence-electron chi connectivity index (χ1n) is 4.99. The molecule has 0 radical (unpaired) electrons. The van der Waals surface area contributed by atoms with Gasteiger partial charge in [-0.3, -0.25) is 0 Å². The molecule has 70 valence electrons. The number of fused-ring (bicyclic) bond motifs is 1. The second-order valence-corrected chi connectivity index (χ2v) is 4.00. The van der Waals surface area contributed by atoms with Crippen LogP contribution >= 0.6 is 0 Å². The highest BCUT2D eigenvalue weighted by Crippen LogP contribution is 2.27. The van der Waals surface area contributed by atoms with Gasteiger partial charge >= 0.3 is 0 Å². The summed E-state index contributed by atoms with van der Waals surface area (Å²) in [4.78, 5) is 0. The van der Waals surface area contributed by atoms with Gasteiger partial charge in [0.1, 0.15) is 0 Å². The number of aryl methyl sites for hydroxylation is 1. The van der Waals surface area contributed by atoms with E-state index < -0.39 is 0 Å². The molecule has 1 heteroatoms. The molecule has 1 N–H and O–H groups in total. The van der Waals surface area contributed by atoms with Gasteiger partial charge in [-0.2, -0.15) is 0 Å². The van der Waals surface area contributed by atoms with Crippen molar-refractivity contribution in [2.24, 2.45) is 5.92 Å². The Morgan fingerprint density at radius 1 is 1.46 bits per heavy atom. The average Bonchev–Trinajstić information content (AvgIpc) is 2.18. The van der Waals surface area contributed by atoms with Crippen molar-refractivity contribution in [2.75, 3.05) is 6.61 Å². The fraction of sp³-hybridized carbons (Fsp3) is 0.500. The van der Waals surface area contributed by atoms with Crippen molar-refractivity contribution in [1.82, 2.24) is 0 Å². The van der Waals surface area contributed by atoms with Crippen LogP contribution in [0, 0.1) is 12.8 Å². The Bertz CT molecular complexity index is 304. The highest BCUT2D eigenvalue weighted by atomic mass is 16.3. The van der Waals surface area contributed by atoms with E-state index in [9.17, 15) is 0 Å². The Morgan fingerprint density at radius 2 is 2.31 bits per heavy atom. The van der Waals surface area contributed by atoms with Crippen LogP contribution in [0.25, 0.3) is 0 Å². The third-order valence-electron chi connectivity index (χ3n) is 3.08. The summed E-state index contributed by atoms with van der Waals surface area (Å²) in [6.45, 7) is 2.52. The topological polar surface area (TPSA) is 20.2 Å². The van der Waals surface area contributed by atoms with Crippen LogP contribution < -0.4 is 0 Å². The van der Waals surface area contributed by atoms with Gasteiger partial charge in [0.05, 0.1) is 0 Å². The first-order chi connectivity index (χ1) is 6.31. The number of hydrogen-bond acceptors (Lipinski definition) is 1. The lowest BCUT2D eigenvalue weighted by atomic mass is 9.82. The van der Waals surface area contributed by atoms with Gasteiger partial charge < -0.3 is 5.11 Å². The molecule has 1 aliphatic carbocycles. The second-order valence-electron chi connectivity index (χ2n) is 4.00. The van der Waals surface area contributed by atoms with E-state index in [2.05, 4.69) is 25.1 Å². The van der Waals surface area contributed by atoms with E-state index in [0.717, 1.165) is 19.3 Å². The zero-order chi connectivity index (χ0) is 9.26.